The number of carboxylic acids is 1. The number of amides is 1. The summed E-state index contributed by atoms with van der Waals surface area (Å²) >= 11 is 6.00. The van der Waals surface area contributed by atoms with E-state index in [4.69, 9.17) is 16.7 Å². The Bertz CT molecular complexity index is 490. The third kappa shape index (κ3) is 4.51. The van der Waals surface area contributed by atoms with Gasteiger partial charge in [-0.05, 0) is 17.5 Å². The number of hydrogen-bond acceptors (Lipinski definition) is 3. The van der Waals surface area contributed by atoms with Crippen LogP contribution in [0.5, 0.6) is 0 Å². The number of halogens is 1. The summed E-state index contributed by atoms with van der Waals surface area (Å²) in [4.78, 5) is 22.8. The van der Waals surface area contributed by atoms with Crippen molar-refractivity contribution in [3.8, 4) is 0 Å². The van der Waals surface area contributed by atoms with Crippen molar-refractivity contribution < 1.29 is 19.8 Å². The Balaban J connectivity index is 3.01. The molecule has 0 saturated carbocycles. The lowest BCUT2D eigenvalue weighted by atomic mass is 10.0. The van der Waals surface area contributed by atoms with Crippen molar-refractivity contribution in [3.63, 3.8) is 0 Å². The van der Waals surface area contributed by atoms with Gasteiger partial charge in [-0.1, -0.05) is 43.6 Å². The maximum atomic E-state index is 11.8. The third-order valence-electron chi connectivity index (χ3n) is 2.72. The lowest BCUT2D eigenvalue weighted by molar-refractivity contribution is -0.148. The molecule has 0 saturated heterocycles. The molecule has 1 aromatic carbocycles. The van der Waals surface area contributed by atoms with Crippen LogP contribution in [0.4, 0.5) is 0 Å². The monoisotopic (exact) mass is 299 g/mol. The van der Waals surface area contributed by atoms with Crippen LogP contribution < -0.4 is 5.32 Å². The maximum absolute atomic E-state index is 11.8. The van der Waals surface area contributed by atoms with Crippen LogP contribution in [-0.4, -0.2) is 28.2 Å². The highest BCUT2D eigenvalue weighted by molar-refractivity contribution is 6.31. The first kappa shape index (κ1) is 16.5. The number of carbonyl (C=O) groups is 2. The van der Waals surface area contributed by atoms with E-state index in [2.05, 4.69) is 5.32 Å². The lowest BCUT2D eigenvalue weighted by Gasteiger charge is -2.23. The first-order chi connectivity index (χ1) is 9.32. The van der Waals surface area contributed by atoms with Gasteiger partial charge in [0, 0.05) is 11.4 Å². The Hall–Kier alpha value is -1.59. The summed E-state index contributed by atoms with van der Waals surface area (Å²) in [5.41, 5.74) is 0.376. The molecule has 0 aliphatic heterocycles. The molecule has 1 aromatic rings. The zero-order valence-electron chi connectivity index (χ0n) is 11.3. The van der Waals surface area contributed by atoms with Crippen LogP contribution in [0.2, 0.25) is 5.02 Å². The van der Waals surface area contributed by atoms with Crippen molar-refractivity contribution in [3.05, 3.63) is 34.9 Å². The van der Waals surface area contributed by atoms with E-state index in [1.165, 1.54) is 0 Å². The molecule has 0 spiro atoms. The van der Waals surface area contributed by atoms with Crippen LogP contribution in [0.15, 0.2) is 24.3 Å². The second kappa shape index (κ2) is 7.26. The smallest absolute Gasteiger partial charge is 0.335 e. The largest absolute Gasteiger partial charge is 0.479 e. The van der Waals surface area contributed by atoms with E-state index in [0.29, 0.717) is 10.6 Å². The topological polar surface area (TPSA) is 86.6 Å². The molecular weight excluding hydrogens is 282 g/mol. The standard InChI is InChI=1S/C14H18ClNO4/c1-8(2)7-11(17)16-12(13(18)14(19)20)9-5-3-4-6-10(9)15/h3-6,8,12-13,18H,7H2,1-2H3,(H,16,17)(H,19,20)/t12-,13+/m0/s1. The third-order valence-corrected chi connectivity index (χ3v) is 3.06. The summed E-state index contributed by atoms with van der Waals surface area (Å²) in [7, 11) is 0. The second-order valence-corrected chi connectivity index (χ2v) is 5.35. The van der Waals surface area contributed by atoms with Crippen molar-refractivity contribution in [1.82, 2.24) is 5.32 Å². The summed E-state index contributed by atoms with van der Waals surface area (Å²) < 4.78 is 0. The summed E-state index contributed by atoms with van der Waals surface area (Å²) in [6.07, 6.45) is -1.51. The van der Waals surface area contributed by atoms with Crippen LogP contribution in [0, 0.1) is 5.92 Å². The molecule has 0 bridgehead atoms. The van der Waals surface area contributed by atoms with E-state index in [1.54, 1.807) is 24.3 Å². The SMILES string of the molecule is CC(C)CC(=O)N[C@@H](c1ccccc1Cl)[C@@H](O)C(=O)O. The molecule has 3 N–H and O–H groups in total. The first-order valence-electron chi connectivity index (χ1n) is 6.27. The Morgan fingerprint density at radius 2 is 1.90 bits per heavy atom. The van der Waals surface area contributed by atoms with Crippen molar-refractivity contribution >= 4 is 23.5 Å². The second-order valence-electron chi connectivity index (χ2n) is 4.95. The number of nitrogens with one attached hydrogen (secondary N) is 1. The molecule has 1 amide bonds. The fraction of sp³-hybridized carbons (Fsp3) is 0.429. The highest BCUT2D eigenvalue weighted by Gasteiger charge is 2.30. The Morgan fingerprint density at radius 3 is 2.40 bits per heavy atom. The van der Waals surface area contributed by atoms with Crippen LogP contribution in [0.1, 0.15) is 31.9 Å². The molecule has 0 aliphatic carbocycles. The van der Waals surface area contributed by atoms with Gasteiger partial charge in [-0.25, -0.2) is 4.79 Å². The van der Waals surface area contributed by atoms with Gasteiger partial charge in [-0.3, -0.25) is 4.79 Å². The van der Waals surface area contributed by atoms with Gasteiger partial charge < -0.3 is 15.5 Å². The minimum absolute atomic E-state index is 0.129. The van der Waals surface area contributed by atoms with Crippen LogP contribution in [-0.2, 0) is 9.59 Å². The number of benzene rings is 1. The minimum atomic E-state index is -1.76. The van der Waals surface area contributed by atoms with Crippen molar-refractivity contribution in [2.75, 3.05) is 0 Å². The van der Waals surface area contributed by atoms with E-state index >= 15 is 0 Å². The van der Waals surface area contributed by atoms with Gasteiger partial charge in [0.05, 0.1) is 6.04 Å². The Kier molecular flexibility index (Phi) is 5.98. The number of rotatable bonds is 6. The predicted molar refractivity (Wildman–Crippen MR) is 75.4 cm³/mol. The number of aliphatic hydroxyl groups excluding tert-OH is 1. The van der Waals surface area contributed by atoms with E-state index in [9.17, 15) is 14.7 Å². The van der Waals surface area contributed by atoms with E-state index < -0.39 is 18.1 Å². The molecule has 6 heteroatoms. The number of aliphatic carboxylic acids is 1. The Morgan fingerprint density at radius 1 is 1.30 bits per heavy atom. The Labute approximate surface area is 122 Å². The maximum Gasteiger partial charge on any atom is 0.335 e. The van der Waals surface area contributed by atoms with Gasteiger partial charge in [0.15, 0.2) is 6.10 Å². The van der Waals surface area contributed by atoms with Crippen molar-refractivity contribution in [1.29, 1.82) is 0 Å². The highest BCUT2D eigenvalue weighted by Crippen LogP contribution is 2.25. The number of hydrogen-bond donors (Lipinski definition) is 3. The first-order valence-corrected chi connectivity index (χ1v) is 6.65. The molecule has 0 aliphatic rings. The summed E-state index contributed by atoms with van der Waals surface area (Å²) in [5.74, 6) is -1.62. The molecule has 0 aromatic heterocycles. The molecule has 110 valence electrons. The zero-order chi connectivity index (χ0) is 15.3. The molecule has 2 atom stereocenters. The molecule has 0 unspecified atom stereocenters. The fourth-order valence-electron chi connectivity index (χ4n) is 1.80. The van der Waals surface area contributed by atoms with Gasteiger partial charge in [-0.15, -0.1) is 0 Å². The normalized spacial score (nSPS) is 13.8. The average Bonchev–Trinajstić information content (AvgIpc) is 2.35. The minimum Gasteiger partial charge on any atom is -0.479 e. The number of carbonyl (C=O) groups excluding carboxylic acids is 1. The summed E-state index contributed by atoms with van der Waals surface area (Å²) in [5, 5.41) is 21.6. The average molecular weight is 300 g/mol. The van der Waals surface area contributed by atoms with Gasteiger partial charge >= 0.3 is 5.97 Å². The van der Waals surface area contributed by atoms with E-state index in [0.717, 1.165) is 0 Å². The zero-order valence-corrected chi connectivity index (χ0v) is 12.1. The van der Waals surface area contributed by atoms with Gasteiger partial charge in [0.25, 0.3) is 0 Å². The number of aliphatic hydroxyl groups is 1. The van der Waals surface area contributed by atoms with E-state index in [-0.39, 0.29) is 18.2 Å². The fourth-order valence-corrected chi connectivity index (χ4v) is 2.05. The van der Waals surface area contributed by atoms with Crippen LogP contribution in [0.25, 0.3) is 0 Å². The lowest BCUT2D eigenvalue weighted by Crippen LogP contribution is -2.40. The quantitative estimate of drug-likeness (QED) is 0.750. The molecule has 0 heterocycles. The van der Waals surface area contributed by atoms with Gasteiger partial charge in [0.2, 0.25) is 5.91 Å². The van der Waals surface area contributed by atoms with Crippen molar-refractivity contribution in [2.24, 2.45) is 5.92 Å². The molecule has 0 radical (unpaired) electrons. The molecule has 5 nitrogen and oxygen atoms in total. The molecule has 1 rings (SSSR count). The van der Waals surface area contributed by atoms with E-state index in [1.807, 2.05) is 13.8 Å². The van der Waals surface area contributed by atoms with Gasteiger partial charge in [-0.2, -0.15) is 0 Å². The highest BCUT2D eigenvalue weighted by atomic mass is 35.5. The molecule has 20 heavy (non-hydrogen) atoms. The molecule has 0 fully saturated rings. The van der Waals surface area contributed by atoms with Crippen LogP contribution >= 0.6 is 11.6 Å². The molecular formula is C14H18ClNO4. The number of carboxylic acid groups (broad SMARTS) is 1. The van der Waals surface area contributed by atoms with Crippen LogP contribution in [0.3, 0.4) is 0 Å². The summed E-state index contributed by atoms with van der Waals surface area (Å²) in [6.45, 7) is 3.75. The van der Waals surface area contributed by atoms with Gasteiger partial charge in [0.1, 0.15) is 0 Å². The predicted octanol–water partition coefficient (Wildman–Crippen LogP) is 1.99. The summed E-state index contributed by atoms with van der Waals surface area (Å²) in [6, 6.07) is 5.43. The van der Waals surface area contributed by atoms with Crippen molar-refractivity contribution in [2.45, 2.75) is 32.4 Å².